The van der Waals surface area contributed by atoms with Crippen LogP contribution >= 0.6 is 11.6 Å². The van der Waals surface area contributed by atoms with E-state index in [0.717, 1.165) is 6.20 Å². The maximum Gasteiger partial charge on any atom is 0.574 e. The molecule has 0 fully saturated rings. The smallest absolute Gasteiger partial charge is 0.495 e. The van der Waals surface area contributed by atoms with Crippen molar-refractivity contribution in [2.45, 2.75) is 19.2 Å². The van der Waals surface area contributed by atoms with E-state index in [0.29, 0.717) is 0 Å². The molecule has 0 spiro atoms. The first kappa shape index (κ1) is 16.4. The summed E-state index contributed by atoms with van der Waals surface area (Å²) in [5.41, 5.74) is -0.309. The van der Waals surface area contributed by atoms with Gasteiger partial charge in [-0.25, -0.2) is 9.78 Å². The molecule has 1 aromatic rings. The van der Waals surface area contributed by atoms with Crippen LogP contribution in [0.3, 0.4) is 0 Å². The molecule has 9 heteroatoms. The highest BCUT2D eigenvalue weighted by Crippen LogP contribution is 2.34. The van der Waals surface area contributed by atoms with Crippen molar-refractivity contribution in [3.63, 3.8) is 0 Å². The van der Waals surface area contributed by atoms with Crippen molar-refractivity contribution in [2.24, 2.45) is 0 Å². The summed E-state index contributed by atoms with van der Waals surface area (Å²) in [6, 6.07) is 0. The number of methoxy groups -OCH3 is 1. The molecular weight excluding hydrogens is 303 g/mol. The summed E-state index contributed by atoms with van der Waals surface area (Å²) in [5.74, 6) is -2.08. The number of aromatic nitrogens is 1. The van der Waals surface area contributed by atoms with Crippen LogP contribution in [0, 0.1) is 0 Å². The minimum absolute atomic E-state index is 0.0962. The standard InChI is InChI=1S/C11H11ClF3NO4/c1-3-19-10(17)7-5-16-9(20-11(13,14)15)6(4-12)8(7)18-2/h5H,3-4H2,1-2H3. The maximum atomic E-state index is 12.2. The number of pyridine rings is 1. The Labute approximate surface area is 117 Å². The lowest BCUT2D eigenvalue weighted by Crippen LogP contribution is -2.20. The fraction of sp³-hybridized carbons (Fsp3) is 0.455. The molecule has 0 radical (unpaired) electrons. The van der Waals surface area contributed by atoms with Crippen LogP contribution in [-0.2, 0) is 10.6 Å². The van der Waals surface area contributed by atoms with E-state index in [-0.39, 0.29) is 29.4 Å². The van der Waals surface area contributed by atoms with Gasteiger partial charge in [0, 0.05) is 6.20 Å². The fourth-order valence-electron chi connectivity index (χ4n) is 1.42. The molecule has 20 heavy (non-hydrogen) atoms. The Morgan fingerprint density at radius 2 is 2.10 bits per heavy atom. The summed E-state index contributed by atoms with van der Waals surface area (Å²) in [6.07, 6.45) is -4.04. The molecule has 0 aliphatic rings. The van der Waals surface area contributed by atoms with Crippen molar-refractivity contribution in [2.75, 3.05) is 13.7 Å². The molecule has 1 aromatic heterocycles. The van der Waals surface area contributed by atoms with Crippen LogP contribution in [0.1, 0.15) is 22.8 Å². The first-order valence-corrected chi connectivity index (χ1v) is 5.92. The van der Waals surface area contributed by atoms with Gasteiger partial charge in [-0.1, -0.05) is 0 Å². The van der Waals surface area contributed by atoms with Gasteiger partial charge in [-0.15, -0.1) is 24.8 Å². The number of carbonyl (C=O) groups is 1. The number of rotatable bonds is 5. The molecule has 0 aliphatic heterocycles. The number of halogens is 4. The number of alkyl halides is 4. The molecule has 0 atom stereocenters. The minimum atomic E-state index is -4.93. The Balaban J connectivity index is 3.29. The van der Waals surface area contributed by atoms with Gasteiger partial charge in [-0.2, -0.15) is 0 Å². The molecule has 0 aromatic carbocycles. The van der Waals surface area contributed by atoms with E-state index >= 15 is 0 Å². The Bertz CT molecular complexity index is 493. The van der Waals surface area contributed by atoms with Gasteiger partial charge in [0.2, 0.25) is 5.88 Å². The number of esters is 1. The molecule has 1 rings (SSSR count). The third-order valence-corrected chi connectivity index (χ3v) is 2.40. The van der Waals surface area contributed by atoms with Gasteiger partial charge in [0.25, 0.3) is 0 Å². The van der Waals surface area contributed by atoms with Crippen LogP contribution in [0.25, 0.3) is 0 Å². The van der Waals surface area contributed by atoms with Gasteiger partial charge in [0.1, 0.15) is 11.3 Å². The predicted molar refractivity (Wildman–Crippen MR) is 63.0 cm³/mol. The van der Waals surface area contributed by atoms with E-state index in [1.54, 1.807) is 6.92 Å². The molecule has 1 heterocycles. The molecule has 0 aliphatic carbocycles. The zero-order valence-corrected chi connectivity index (χ0v) is 11.3. The summed E-state index contributed by atoms with van der Waals surface area (Å²) in [7, 11) is 1.19. The third-order valence-electron chi connectivity index (χ3n) is 2.13. The van der Waals surface area contributed by atoms with E-state index in [1.807, 2.05) is 0 Å². The average Bonchev–Trinajstić information content (AvgIpc) is 2.36. The summed E-state index contributed by atoms with van der Waals surface area (Å²) in [5, 5.41) is 0. The summed E-state index contributed by atoms with van der Waals surface area (Å²) >= 11 is 5.58. The van der Waals surface area contributed by atoms with Gasteiger partial charge in [-0.3, -0.25) is 0 Å². The zero-order valence-electron chi connectivity index (χ0n) is 10.6. The third kappa shape index (κ3) is 3.89. The molecule has 0 saturated carbocycles. The molecule has 5 nitrogen and oxygen atoms in total. The SMILES string of the molecule is CCOC(=O)c1cnc(OC(F)(F)F)c(CCl)c1OC. The molecule has 0 N–H and O–H groups in total. The number of carbonyl (C=O) groups excluding carboxylic acids is 1. The predicted octanol–water partition coefficient (Wildman–Crippen LogP) is 2.90. The Kier molecular flexibility index (Phi) is 5.43. The van der Waals surface area contributed by atoms with Crippen molar-refractivity contribution in [1.82, 2.24) is 4.98 Å². The quantitative estimate of drug-likeness (QED) is 0.618. The van der Waals surface area contributed by atoms with Crippen molar-refractivity contribution < 1.29 is 32.2 Å². The molecule has 0 saturated heterocycles. The second-order valence-corrected chi connectivity index (χ2v) is 3.66. The highest BCUT2D eigenvalue weighted by atomic mass is 35.5. The molecule has 0 amide bonds. The Morgan fingerprint density at radius 1 is 1.45 bits per heavy atom. The number of hydrogen-bond donors (Lipinski definition) is 0. The molecule has 0 bridgehead atoms. The Morgan fingerprint density at radius 3 is 2.55 bits per heavy atom. The monoisotopic (exact) mass is 313 g/mol. The molecule has 112 valence electrons. The van der Waals surface area contributed by atoms with Crippen molar-refractivity contribution in [3.05, 3.63) is 17.3 Å². The lowest BCUT2D eigenvalue weighted by Gasteiger charge is -2.15. The number of nitrogens with zero attached hydrogens (tertiary/aromatic N) is 1. The highest BCUT2D eigenvalue weighted by Gasteiger charge is 2.34. The van der Waals surface area contributed by atoms with E-state index in [4.69, 9.17) is 21.1 Å². The fourth-order valence-corrected chi connectivity index (χ4v) is 1.66. The molecule has 0 unspecified atom stereocenters. The van der Waals surface area contributed by atoms with Gasteiger partial charge < -0.3 is 14.2 Å². The van der Waals surface area contributed by atoms with Crippen LogP contribution < -0.4 is 9.47 Å². The van der Waals surface area contributed by atoms with Gasteiger partial charge >= 0.3 is 12.3 Å². The van der Waals surface area contributed by atoms with Crippen LogP contribution in [0.2, 0.25) is 0 Å². The first-order chi connectivity index (χ1) is 9.34. The average molecular weight is 314 g/mol. The normalized spacial score (nSPS) is 11.1. The summed E-state index contributed by atoms with van der Waals surface area (Å²) in [6.45, 7) is 1.68. The molecular formula is C11H11ClF3NO4. The van der Waals surface area contributed by atoms with E-state index in [2.05, 4.69) is 9.72 Å². The largest absolute Gasteiger partial charge is 0.574 e. The Hall–Kier alpha value is -1.70. The summed E-state index contributed by atoms with van der Waals surface area (Å²) < 4.78 is 50.1. The minimum Gasteiger partial charge on any atom is -0.495 e. The highest BCUT2D eigenvalue weighted by molar-refractivity contribution is 6.17. The summed E-state index contributed by atoms with van der Waals surface area (Å²) in [4.78, 5) is 15.1. The van der Waals surface area contributed by atoms with Crippen LogP contribution in [0.5, 0.6) is 11.6 Å². The van der Waals surface area contributed by atoms with E-state index < -0.39 is 18.2 Å². The zero-order chi connectivity index (χ0) is 15.3. The number of hydrogen-bond acceptors (Lipinski definition) is 5. The lowest BCUT2D eigenvalue weighted by molar-refractivity contribution is -0.276. The maximum absolute atomic E-state index is 12.2. The second kappa shape index (κ2) is 6.65. The topological polar surface area (TPSA) is 57.7 Å². The van der Waals surface area contributed by atoms with Crippen LogP contribution in [0.4, 0.5) is 13.2 Å². The van der Waals surface area contributed by atoms with Gasteiger partial charge in [0.15, 0.2) is 0 Å². The van der Waals surface area contributed by atoms with Gasteiger partial charge in [-0.05, 0) is 6.92 Å². The van der Waals surface area contributed by atoms with Crippen molar-refractivity contribution in [3.8, 4) is 11.6 Å². The van der Waals surface area contributed by atoms with E-state index in [1.165, 1.54) is 7.11 Å². The van der Waals surface area contributed by atoms with Gasteiger partial charge in [0.05, 0.1) is 25.2 Å². The van der Waals surface area contributed by atoms with Crippen LogP contribution in [-0.4, -0.2) is 31.0 Å². The number of ether oxygens (including phenoxy) is 3. The first-order valence-electron chi connectivity index (χ1n) is 5.38. The second-order valence-electron chi connectivity index (χ2n) is 3.39. The van der Waals surface area contributed by atoms with Crippen LogP contribution in [0.15, 0.2) is 6.20 Å². The van der Waals surface area contributed by atoms with Crippen molar-refractivity contribution >= 4 is 17.6 Å². The lowest BCUT2D eigenvalue weighted by atomic mass is 10.2. The van der Waals surface area contributed by atoms with Crippen molar-refractivity contribution in [1.29, 1.82) is 0 Å². The van der Waals surface area contributed by atoms with E-state index in [9.17, 15) is 18.0 Å².